The molecule has 0 N–H and O–H groups in total. The van der Waals surface area contributed by atoms with Crippen LogP contribution in [-0.2, 0) is 46.9 Å². The second-order valence-electron chi connectivity index (χ2n) is 8.94. The van der Waals surface area contributed by atoms with Gasteiger partial charge in [-0.05, 0) is 37.8 Å². The van der Waals surface area contributed by atoms with Gasteiger partial charge in [-0.15, -0.1) is 0 Å². The standard InChI is InChI=1S/C27H30N4O7/c1-6-27(23(33)21(29-28)25(35)38-7-2)13-10-14-31(26(27)36)20(32)15-18-17-11-8-9-12-19(17)30(4)22(18)16(3)24(34)37-5/h8-9,11-12H,3,6-7,10,13-15H2,1-2,4-5H3/t27-/m1/s1. The molecule has 1 aliphatic heterocycles. The second-order valence-corrected chi connectivity index (χ2v) is 8.94. The summed E-state index contributed by atoms with van der Waals surface area (Å²) >= 11 is 0. The van der Waals surface area contributed by atoms with Crippen LogP contribution in [0.5, 0.6) is 0 Å². The number of esters is 2. The van der Waals surface area contributed by atoms with Crippen LogP contribution in [0.4, 0.5) is 0 Å². The van der Waals surface area contributed by atoms with E-state index in [0.717, 1.165) is 10.4 Å². The maximum atomic E-state index is 13.7. The number of aryl methyl sites for hydroxylation is 1. The number of amides is 2. The Balaban J connectivity index is 2.02. The van der Waals surface area contributed by atoms with Gasteiger partial charge in [0.2, 0.25) is 11.8 Å². The van der Waals surface area contributed by atoms with E-state index < -0.39 is 40.7 Å². The number of para-hydroxylation sites is 1. The van der Waals surface area contributed by atoms with Crippen molar-refractivity contribution < 1.29 is 38.2 Å². The maximum Gasteiger partial charge on any atom is 0.442 e. The third-order valence-corrected chi connectivity index (χ3v) is 7.02. The molecule has 1 atom stereocenters. The zero-order valence-corrected chi connectivity index (χ0v) is 21.9. The largest absolute Gasteiger partial charge is 0.465 e. The van der Waals surface area contributed by atoms with E-state index in [1.54, 1.807) is 30.7 Å². The lowest BCUT2D eigenvalue weighted by Crippen LogP contribution is -2.57. The van der Waals surface area contributed by atoms with E-state index in [1.807, 2.05) is 12.1 Å². The van der Waals surface area contributed by atoms with E-state index in [9.17, 15) is 29.5 Å². The predicted octanol–water partition coefficient (Wildman–Crippen LogP) is 2.26. The molecular formula is C27H30N4O7. The minimum Gasteiger partial charge on any atom is -0.465 e. The number of piperidine rings is 1. The zero-order valence-electron chi connectivity index (χ0n) is 21.9. The average molecular weight is 523 g/mol. The molecule has 0 unspecified atom stereocenters. The third-order valence-electron chi connectivity index (χ3n) is 7.02. The molecular weight excluding hydrogens is 492 g/mol. The molecule has 0 radical (unpaired) electrons. The fraction of sp³-hybridized carbons (Fsp3) is 0.407. The summed E-state index contributed by atoms with van der Waals surface area (Å²) in [5.74, 6) is -4.17. The quantitative estimate of drug-likeness (QED) is 0.122. The number of ether oxygens (including phenoxy) is 2. The van der Waals surface area contributed by atoms with Crippen molar-refractivity contribution in [2.24, 2.45) is 12.5 Å². The molecule has 0 aliphatic carbocycles. The van der Waals surface area contributed by atoms with Gasteiger partial charge in [0, 0.05) is 24.5 Å². The highest BCUT2D eigenvalue weighted by molar-refractivity contribution is 6.64. The average Bonchev–Trinajstić information content (AvgIpc) is 3.19. The van der Waals surface area contributed by atoms with Crippen molar-refractivity contribution in [2.45, 2.75) is 39.5 Å². The van der Waals surface area contributed by atoms with Crippen molar-refractivity contribution in [3.8, 4) is 0 Å². The van der Waals surface area contributed by atoms with Crippen molar-refractivity contribution in [3.05, 3.63) is 47.6 Å². The van der Waals surface area contributed by atoms with Crippen LogP contribution >= 0.6 is 0 Å². The van der Waals surface area contributed by atoms with E-state index in [2.05, 4.69) is 11.4 Å². The molecule has 0 spiro atoms. The first kappa shape index (κ1) is 28.2. The predicted molar refractivity (Wildman–Crippen MR) is 137 cm³/mol. The lowest BCUT2D eigenvalue weighted by atomic mass is 9.71. The molecule has 0 saturated carbocycles. The summed E-state index contributed by atoms with van der Waals surface area (Å²) in [4.78, 5) is 69.0. The first-order chi connectivity index (χ1) is 18.1. The molecule has 38 heavy (non-hydrogen) atoms. The minimum atomic E-state index is -1.76. The van der Waals surface area contributed by atoms with Gasteiger partial charge in [0.15, 0.2) is 0 Å². The van der Waals surface area contributed by atoms with E-state index in [1.165, 1.54) is 14.0 Å². The van der Waals surface area contributed by atoms with Gasteiger partial charge < -0.3 is 19.6 Å². The number of imide groups is 1. The van der Waals surface area contributed by atoms with Gasteiger partial charge in [0.1, 0.15) is 5.41 Å². The fourth-order valence-electron chi connectivity index (χ4n) is 5.05. The summed E-state index contributed by atoms with van der Waals surface area (Å²) < 4.78 is 11.4. The first-order valence-electron chi connectivity index (χ1n) is 12.2. The maximum absolute atomic E-state index is 13.7. The smallest absolute Gasteiger partial charge is 0.442 e. The van der Waals surface area contributed by atoms with Gasteiger partial charge in [-0.25, -0.2) is 9.59 Å². The number of carbonyl (C=O) groups excluding carboxylic acids is 5. The van der Waals surface area contributed by atoms with Crippen LogP contribution in [0.1, 0.15) is 44.4 Å². The summed E-state index contributed by atoms with van der Waals surface area (Å²) in [7, 11) is 2.96. The van der Waals surface area contributed by atoms with Crippen molar-refractivity contribution >= 4 is 51.7 Å². The monoisotopic (exact) mass is 522 g/mol. The Morgan fingerprint density at radius 1 is 1.16 bits per heavy atom. The Bertz CT molecular complexity index is 1400. The first-order valence-corrected chi connectivity index (χ1v) is 12.2. The van der Waals surface area contributed by atoms with Crippen LogP contribution in [0.2, 0.25) is 0 Å². The SMILES string of the molecule is C=C(C(=O)OC)c1c(CC(=O)N2CCC[C@](CC)(C(=O)C(=[N+]=[N-])C(=O)OCC)C2=O)c2ccccc2n1C. The number of rotatable bonds is 9. The number of likely N-dealkylation sites (tertiary alicyclic amines) is 1. The van der Waals surface area contributed by atoms with Gasteiger partial charge in [-0.2, -0.15) is 4.79 Å². The Morgan fingerprint density at radius 2 is 1.84 bits per heavy atom. The summed E-state index contributed by atoms with van der Waals surface area (Å²) in [5, 5.41) is 0.697. The molecule has 1 aromatic heterocycles. The number of aromatic nitrogens is 1. The van der Waals surface area contributed by atoms with E-state index in [0.29, 0.717) is 23.1 Å². The highest BCUT2D eigenvalue weighted by atomic mass is 16.5. The van der Waals surface area contributed by atoms with E-state index in [4.69, 9.17) is 9.47 Å². The van der Waals surface area contributed by atoms with Crippen LogP contribution in [0.25, 0.3) is 22.0 Å². The molecule has 3 rings (SSSR count). The number of Topliss-reactive ketones (excluding diaryl/α,β-unsaturated/α-hetero) is 1. The van der Waals surface area contributed by atoms with Crippen LogP contribution < -0.4 is 0 Å². The summed E-state index contributed by atoms with van der Waals surface area (Å²) in [6, 6.07) is 7.24. The molecule has 2 aromatic rings. The molecule has 1 saturated heterocycles. The highest BCUT2D eigenvalue weighted by Crippen LogP contribution is 2.37. The Hall–Kier alpha value is -4.37. The molecule has 1 aliphatic rings. The second kappa shape index (κ2) is 11.4. The highest BCUT2D eigenvalue weighted by Gasteiger charge is 2.55. The molecule has 11 nitrogen and oxygen atoms in total. The van der Waals surface area contributed by atoms with Crippen LogP contribution in [-0.4, -0.2) is 69.8 Å². The Morgan fingerprint density at radius 3 is 2.45 bits per heavy atom. The number of methoxy groups -OCH3 is 1. The molecule has 200 valence electrons. The number of hydrogen-bond acceptors (Lipinski definition) is 7. The van der Waals surface area contributed by atoms with E-state index >= 15 is 0 Å². The number of benzene rings is 1. The third kappa shape index (κ3) is 4.68. The number of carbonyl (C=O) groups is 5. The van der Waals surface area contributed by atoms with Gasteiger partial charge in [0.25, 0.3) is 5.78 Å². The minimum absolute atomic E-state index is 0.0223. The summed E-state index contributed by atoms with van der Waals surface area (Å²) in [6.45, 7) is 6.97. The molecule has 2 amide bonds. The number of fused-ring (bicyclic) bond motifs is 1. The molecule has 2 heterocycles. The van der Waals surface area contributed by atoms with Crippen molar-refractivity contribution in [2.75, 3.05) is 20.3 Å². The van der Waals surface area contributed by atoms with Gasteiger partial charge in [0.05, 0.1) is 31.4 Å². The normalized spacial score (nSPS) is 17.1. The number of nitrogens with zero attached hydrogens (tertiary/aromatic N) is 4. The van der Waals surface area contributed by atoms with Crippen molar-refractivity contribution in [1.82, 2.24) is 9.47 Å². The van der Waals surface area contributed by atoms with Crippen LogP contribution in [0, 0.1) is 5.41 Å². The van der Waals surface area contributed by atoms with Crippen LogP contribution in [0.15, 0.2) is 30.8 Å². The molecule has 1 aromatic carbocycles. The number of ketones is 1. The van der Waals surface area contributed by atoms with Gasteiger partial charge in [-0.1, -0.05) is 31.7 Å². The summed E-state index contributed by atoms with van der Waals surface area (Å²) in [6.07, 6.45) is 0.0919. The Labute approximate surface area is 219 Å². The summed E-state index contributed by atoms with van der Waals surface area (Å²) in [5.41, 5.74) is 8.39. The van der Waals surface area contributed by atoms with Crippen molar-refractivity contribution in [1.29, 1.82) is 0 Å². The topological polar surface area (TPSA) is 148 Å². The Kier molecular flexibility index (Phi) is 8.42. The van der Waals surface area contributed by atoms with E-state index in [-0.39, 0.29) is 38.0 Å². The molecule has 0 bridgehead atoms. The lowest BCUT2D eigenvalue weighted by Gasteiger charge is -2.38. The molecule has 11 heteroatoms. The molecule has 1 fully saturated rings. The van der Waals surface area contributed by atoms with Gasteiger partial charge in [-0.3, -0.25) is 19.3 Å². The van der Waals surface area contributed by atoms with Crippen LogP contribution in [0.3, 0.4) is 0 Å². The van der Waals surface area contributed by atoms with Gasteiger partial charge >= 0.3 is 17.7 Å². The number of hydrogen-bond donors (Lipinski definition) is 0. The fourth-order valence-corrected chi connectivity index (χ4v) is 5.05. The lowest BCUT2D eigenvalue weighted by molar-refractivity contribution is -0.159. The zero-order chi connectivity index (χ0) is 28.2. The van der Waals surface area contributed by atoms with Crippen molar-refractivity contribution in [3.63, 3.8) is 0 Å².